The predicted octanol–water partition coefficient (Wildman–Crippen LogP) is 3.83. The monoisotopic (exact) mass is 1100 g/mol. The number of aliphatic hydroxyl groups is 1. The van der Waals surface area contributed by atoms with E-state index in [0.29, 0.717) is 27.9 Å². The molecule has 2 aromatic carbocycles. The molecule has 2 saturated heterocycles. The lowest BCUT2D eigenvalue weighted by Crippen LogP contribution is -2.59. The van der Waals surface area contributed by atoms with Gasteiger partial charge in [-0.25, -0.2) is 0 Å². The van der Waals surface area contributed by atoms with Crippen LogP contribution in [0, 0.1) is 33.1 Å². The smallest absolute Gasteiger partial charge is 0.247 e. The predicted molar refractivity (Wildman–Crippen MR) is 287 cm³/mol. The van der Waals surface area contributed by atoms with Crippen molar-refractivity contribution < 1.29 is 43.4 Å². The summed E-state index contributed by atoms with van der Waals surface area (Å²) in [6.45, 7) is 13.1. The molecule has 8 rings (SSSR count). The quantitative estimate of drug-likeness (QED) is 0.123. The minimum absolute atomic E-state index is 0.129. The van der Waals surface area contributed by atoms with Crippen molar-refractivity contribution >= 4 is 81.3 Å². The molecule has 0 saturated carbocycles. The van der Waals surface area contributed by atoms with Crippen molar-refractivity contribution in [2.45, 2.75) is 111 Å². The fraction of sp³-hybridized carbons (Fsp3) is 0.434. The Bertz CT molecular complexity index is 3070. The number of aryl methyl sites for hydroxylation is 3. The number of ether oxygens (including phenoxy) is 1. The molecule has 76 heavy (non-hydrogen) atoms. The van der Waals surface area contributed by atoms with Crippen molar-refractivity contribution in [1.82, 2.24) is 51.6 Å². The summed E-state index contributed by atoms with van der Waals surface area (Å²) in [6.07, 6.45) is -1.47. The first kappa shape index (κ1) is 55.4. The van der Waals surface area contributed by atoms with Crippen LogP contribution in [0.15, 0.2) is 65.0 Å². The molecule has 0 spiro atoms. The van der Waals surface area contributed by atoms with E-state index in [2.05, 4.69) is 42.1 Å². The van der Waals surface area contributed by atoms with E-state index in [1.165, 1.54) is 11.8 Å². The van der Waals surface area contributed by atoms with Crippen LogP contribution < -0.4 is 31.9 Å². The van der Waals surface area contributed by atoms with Gasteiger partial charge in [0, 0.05) is 52.0 Å². The highest BCUT2D eigenvalue weighted by Crippen LogP contribution is 2.40. The maximum atomic E-state index is 14.5. The Morgan fingerprint density at radius 2 is 1.59 bits per heavy atom. The molecule has 0 radical (unpaired) electrons. The standard InChI is InChI=1S/C53H62ClN11O9S2/c1-26-17-20-75-44(26)33-11-9-32(10-12-33)43-50(72)57-28(3)47(69)59-37(48(70)55-18-19-74-25-40(68)60-45(53(6,7)8)51(73)64-24-35(66)21-38(64)49(71)61-43)23-56-39(67)22-36-46-63-62-30(5)65(46)52-41(27(2)29(4)76-52)42(58-36)31-13-15-34(54)16-14-31/h9-17,20,28,35-38,43,45,66H,18-19,21-25H2,1-8H3,(H,55,70)(H,56,67)(H,57,72)(H,59,69)(H,60,68)(H,61,71)/t28-,35+,36-,37+,38-,43-,45+/m0/s1. The number of benzene rings is 2. The second-order valence-corrected chi connectivity index (χ2v) is 22.9. The number of fused-ring (bicyclic) bond motifs is 4. The van der Waals surface area contributed by atoms with Gasteiger partial charge < -0.3 is 46.6 Å². The molecule has 0 unspecified atom stereocenters. The molecule has 2 fully saturated rings. The van der Waals surface area contributed by atoms with Crippen LogP contribution in [0.25, 0.3) is 15.4 Å². The van der Waals surface area contributed by atoms with E-state index in [0.717, 1.165) is 42.6 Å². The van der Waals surface area contributed by atoms with E-state index in [-0.39, 0.29) is 32.5 Å². The van der Waals surface area contributed by atoms with Crippen molar-refractivity contribution in [2.75, 3.05) is 32.8 Å². The molecule has 23 heteroatoms. The van der Waals surface area contributed by atoms with Crippen molar-refractivity contribution in [2.24, 2.45) is 10.4 Å². The average Bonchev–Trinajstić information content (AvgIpc) is 4.14. The van der Waals surface area contributed by atoms with Crippen LogP contribution in [-0.2, 0) is 38.3 Å². The SMILES string of the molecule is Cc1ccsc1-c1ccc([C@@H]2NC(=O)[C@@H]3C[C@@H](O)CN3C(=O)[C@H](C(C)(C)C)NC(=O)COCCNC(=O)[C@@H](CNC(=O)C[C@@H]3N=C(c4ccc(Cl)cc4)c4c(sc(C)c4C)-n4c(C)nnc43)NC(=O)[C@H](C)NC2=O)cc1. The highest BCUT2D eigenvalue weighted by atomic mass is 35.5. The van der Waals surface area contributed by atoms with E-state index in [4.69, 9.17) is 21.3 Å². The van der Waals surface area contributed by atoms with Crippen LogP contribution in [0.5, 0.6) is 0 Å². The summed E-state index contributed by atoms with van der Waals surface area (Å²) in [5.74, 6) is -3.86. The zero-order chi connectivity index (χ0) is 54.7. The van der Waals surface area contributed by atoms with Crippen LogP contribution in [0.2, 0.25) is 5.02 Å². The maximum absolute atomic E-state index is 14.5. The molecule has 7 atom stereocenters. The van der Waals surface area contributed by atoms with E-state index < -0.39 is 102 Å². The second kappa shape index (κ2) is 23.2. The maximum Gasteiger partial charge on any atom is 0.247 e. The number of carbonyl (C=O) groups excluding carboxylic acids is 7. The van der Waals surface area contributed by atoms with Gasteiger partial charge in [-0.2, -0.15) is 0 Å². The average molecular weight is 1100 g/mol. The summed E-state index contributed by atoms with van der Waals surface area (Å²) < 4.78 is 7.50. The van der Waals surface area contributed by atoms with Gasteiger partial charge in [0.25, 0.3) is 0 Å². The molecule has 20 nitrogen and oxygen atoms in total. The molecule has 6 heterocycles. The number of carbonyl (C=O) groups is 7. The van der Waals surface area contributed by atoms with Crippen LogP contribution in [-0.4, -0.2) is 135 Å². The van der Waals surface area contributed by atoms with Gasteiger partial charge in [-0.1, -0.05) is 68.8 Å². The van der Waals surface area contributed by atoms with Gasteiger partial charge in [0.05, 0.1) is 24.8 Å². The summed E-state index contributed by atoms with van der Waals surface area (Å²) in [5, 5.41) is 39.4. The summed E-state index contributed by atoms with van der Waals surface area (Å²) in [7, 11) is 0. The lowest BCUT2D eigenvalue weighted by molar-refractivity contribution is -0.145. The number of aliphatic imine (C=N–C) groups is 1. The molecule has 3 aromatic heterocycles. The van der Waals surface area contributed by atoms with Crippen LogP contribution >= 0.6 is 34.3 Å². The Hall–Kier alpha value is -6.85. The Labute approximate surface area is 452 Å². The summed E-state index contributed by atoms with van der Waals surface area (Å²) in [6, 6.07) is 8.85. The number of aromatic nitrogens is 3. The van der Waals surface area contributed by atoms with Crippen molar-refractivity contribution in [3.8, 4) is 15.4 Å². The van der Waals surface area contributed by atoms with Gasteiger partial charge in [0.2, 0.25) is 41.4 Å². The van der Waals surface area contributed by atoms with Crippen molar-refractivity contribution in [3.63, 3.8) is 0 Å². The fourth-order valence-corrected chi connectivity index (χ4v) is 11.6. The molecule has 7 N–H and O–H groups in total. The minimum Gasteiger partial charge on any atom is -0.391 e. The lowest BCUT2D eigenvalue weighted by atomic mass is 9.85. The van der Waals surface area contributed by atoms with Crippen LogP contribution in [0.3, 0.4) is 0 Å². The molecular formula is C53H62ClN11O9S2. The van der Waals surface area contributed by atoms with Crippen molar-refractivity contribution in [3.05, 3.63) is 109 Å². The number of nitrogens with zero attached hydrogens (tertiary/aromatic N) is 5. The van der Waals surface area contributed by atoms with Crippen LogP contribution in [0.1, 0.15) is 97.0 Å². The molecule has 7 amide bonds. The summed E-state index contributed by atoms with van der Waals surface area (Å²) in [5.41, 5.74) is 4.70. The number of hydrogen-bond acceptors (Lipinski definition) is 14. The Kier molecular flexibility index (Phi) is 16.9. The number of rotatable bonds is 7. The van der Waals surface area contributed by atoms with Gasteiger partial charge in [0.15, 0.2) is 5.82 Å². The topological polar surface area (TPSA) is 267 Å². The molecule has 5 aromatic rings. The first-order valence-corrected chi connectivity index (χ1v) is 27.0. The molecule has 402 valence electrons. The normalized spacial score (nSPS) is 23.3. The van der Waals surface area contributed by atoms with Gasteiger partial charge in [0.1, 0.15) is 53.7 Å². The van der Waals surface area contributed by atoms with E-state index in [1.807, 2.05) is 68.0 Å². The highest BCUT2D eigenvalue weighted by molar-refractivity contribution is 7.15. The first-order valence-electron chi connectivity index (χ1n) is 24.9. The van der Waals surface area contributed by atoms with Gasteiger partial charge >= 0.3 is 0 Å². The largest absolute Gasteiger partial charge is 0.391 e. The number of halogens is 1. The number of aliphatic hydroxyl groups excluding tert-OH is 1. The third-order valence-electron chi connectivity index (χ3n) is 13.6. The molecule has 0 aliphatic carbocycles. The van der Waals surface area contributed by atoms with Gasteiger partial charge in [-0.3, -0.25) is 43.1 Å². The third-order valence-corrected chi connectivity index (χ3v) is 16.1. The van der Waals surface area contributed by atoms with E-state index >= 15 is 0 Å². The minimum atomic E-state index is -1.42. The Balaban J connectivity index is 1.06. The number of hydrogen-bond donors (Lipinski definition) is 7. The van der Waals surface area contributed by atoms with Gasteiger partial charge in [-0.15, -0.1) is 32.9 Å². The Morgan fingerprint density at radius 3 is 2.28 bits per heavy atom. The number of nitrogens with one attached hydrogen (secondary N) is 6. The van der Waals surface area contributed by atoms with Crippen molar-refractivity contribution in [1.29, 1.82) is 0 Å². The molecular weight excluding hydrogens is 1030 g/mol. The summed E-state index contributed by atoms with van der Waals surface area (Å²) >= 11 is 9.40. The van der Waals surface area contributed by atoms with E-state index in [9.17, 15) is 38.7 Å². The molecule has 3 aliphatic heterocycles. The molecule has 0 bridgehead atoms. The number of amides is 7. The lowest BCUT2D eigenvalue weighted by Gasteiger charge is -2.35. The summed E-state index contributed by atoms with van der Waals surface area (Å²) in [4.78, 5) is 107. The highest BCUT2D eigenvalue weighted by Gasteiger charge is 2.45. The Morgan fingerprint density at radius 1 is 0.882 bits per heavy atom. The zero-order valence-electron chi connectivity index (χ0n) is 43.4. The number of thiophene rings is 2. The molecule has 3 aliphatic rings. The first-order chi connectivity index (χ1) is 36.1. The fourth-order valence-electron chi connectivity index (χ4n) is 9.36. The second-order valence-electron chi connectivity index (χ2n) is 20.3. The van der Waals surface area contributed by atoms with E-state index in [1.54, 1.807) is 67.7 Å². The van der Waals surface area contributed by atoms with Crippen LogP contribution in [0.4, 0.5) is 0 Å². The third kappa shape index (κ3) is 12.2. The van der Waals surface area contributed by atoms with Gasteiger partial charge in [-0.05, 0) is 85.9 Å². The zero-order valence-corrected chi connectivity index (χ0v) is 45.8.